The second kappa shape index (κ2) is 11.4. The number of aliphatic hydroxyl groups is 1. The molecule has 0 radical (unpaired) electrons. The van der Waals surface area contributed by atoms with Crippen LogP contribution >= 0.6 is 0 Å². The third-order valence-electron chi connectivity index (χ3n) is 11.4. The van der Waals surface area contributed by atoms with Gasteiger partial charge < -0.3 is 28.8 Å². The van der Waals surface area contributed by atoms with Gasteiger partial charge in [-0.25, -0.2) is 4.79 Å². The van der Waals surface area contributed by atoms with Gasteiger partial charge in [-0.1, -0.05) is 39.0 Å². The number of carbonyl (C=O) groups is 6. The lowest BCUT2D eigenvalue weighted by Gasteiger charge is -2.62. The third kappa shape index (κ3) is 5.23. The molecule has 4 aliphatic carbocycles. The van der Waals surface area contributed by atoms with E-state index >= 15 is 0 Å². The molecule has 12 heteroatoms. The summed E-state index contributed by atoms with van der Waals surface area (Å²) in [6, 6.07) is 8.06. The summed E-state index contributed by atoms with van der Waals surface area (Å²) in [5, 5.41) is 13.1. The quantitative estimate of drug-likeness (QED) is 0.336. The van der Waals surface area contributed by atoms with Gasteiger partial charge in [0.2, 0.25) is 0 Å². The van der Waals surface area contributed by atoms with Crippen LogP contribution in [0.1, 0.15) is 85.0 Å². The maximum absolute atomic E-state index is 13.9. The fourth-order valence-electron chi connectivity index (χ4n) is 9.84. The molecule has 0 spiro atoms. The van der Waals surface area contributed by atoms with Crippen LogP contribution in [0.3, 0.4) is 0 Å². The summed E-state index contributed by atoms with van der Waals surface area (Å²) in [5.41, 5.74) is -7.15. The van der Waals surface area contributed by atoms with E-state index in [1.165, 1.54) is 46.8 Å². The molecular weight excluding hydrogens is 612 g/mol. The van der Waals surface area contributed by atoms with Crippen LogP contribution in [0.5, 0.6) is 0 Å². The van der Waals surface area contributed by atoms with Crippen molar-refractivity contribution < 1.29 is 57.6 Å². The molecule has 0 amide bonds. The molecule has 5 rings (SSSR count). The molecule has 0 unspecified atom stereocenters. The van der Waals surface area contributed by atoms with Crippen molar-refractivity contribution in [2.24, 2.45) is 34.0 Å². The number of esters is 5. The standard InChI is InChI=1S/C35H44O12/c1-18(36)43-17-34-14-23-24(15-31(5,6)26(23)40)33(34,8)30(45-20(3)38)35(42)16-32(7,47-21(4)39)27(25(35)28(34)44-19(2)37)46-29(41)22-12-10-9-11-13-22/h9-13,23-25,27-28,30,42H,14-17H2,1-8H3/t23-,24-,25-,27-,28-,30-,32-,33-,34-,35-/m1/s1. The van der Waals surface area contributed by atoms with Gasteiger partial charge in [-0.3, -0.25) is 24.0 Å². The van der Waals surface area contributed by atoms with Crippen LogP contribution in [0, 0.1) is 34.0 Å². The second-order valence-corrected chi connectivity index (χ2v) is 14.9. The van der Waals surface area contributed by atoms with Crippen LogP contribution in [-0.2, 0) is 47.7 Å². The number of rotatable bonds is 7. The minimum Gasteiger partial charge on any atom is -0.465 e. The van der Waals surface area contributed by atoms with E-state index in [1.807, 2.05) is 13.8 Å². The summed E-state index contributed by atoms with van der Waals surface area (Å²) in [5.74, 6) is -6.17. The Hall–Kier alpha value is -3.80. The number of carbonyl (C=O) groups excluding carboxylic acids is 6. The first-order valence-corrected chi connectivity index (χ1v) is 15.9. The van der Waals surface area contributed by atoms with Crippen LogP contribution in [0.4, 0.5) is 0 Å². The van der Waals surface area contributed by atoms with Gasteiger partial charge in [-0.15, -0.1) is 0 Å². The molecule has 4 fully saturated rings. The highest BCUT2D eigenvalue weighted by molar-refractivity contribution is 5.90. The average Bonchev–Trinajstić information content (AvgIpc) is 3.43. The molecule has 4 aliphatic rings. The fraction of sp³-hybridized carbons (Fsp3) is 0.657. The minimum atomic E-state index is -2.13. The van der Waals surface area contributed by atoms with Crippen molar-refractivity contribution in [3.8, 4) is 0 Å². The first-order valence-electron chi connectivity index (χ1n) is 15.9. The largest absolute Gasteiger partial charge is 0.465 e. The van der Waals surface area contributed by atoms with Gasteiger partial charge >= 0.3 is 29.8 Å². The Kier molecular flexibility index (Phi) is 8.39. The highest BCUT2D eigenvalue weighted by Gasteiger charge is 2.85. The highest BCUT2D eigenvalue weighted by atomic mass is 16.6. The SMILES string of the molecule is CC(=O)OC[C@@]12C[C@H]3C(=O)C(C)(C)C[C@H]3[C@]1(C)[C@@H](OC(C)=O)[C@@]1(O)C[C@@](C)(OC(C)=O)[C@H](OC(=O)c3ccccc3)[C@@H]1[C@H]2OC(C)=O. The van der Waals surface area contributed by atoms with Gasteiger partial charge in [-0.05, 0) is 37.8 Å². The van der Waals surface area contributed by atoms with E-state index in [9.17, 15) is 33.9 Å². The predicted molar refractivity (Wildman–Crippen MR) is 162 cm³/mol. The molecular formula is C35H44O12. The van der Waals surface area contributed by atoms with E-state index in [-0.39, 0.29) is 30.8 Å². The first-order chi connectivity index (χ1) is 21.7. The molecule has 0 aromatic heterocycles. The maximum atomic E-state index is 13.9. The van der Waals surface area contributed by atoms with E-state index < -0.39 is 93.4 Å². The lowest BCUT2D eigenvalue weighted by molar-refractivity contribution is -0.295. The summed E-state index contributed by atoms with van der Waals surface area (Å²) >= 11 is 0. The fourth-order valence-corrected chi connectivity index (χ4v) is 9.84. The number of Topliss-reactive ketones (excluding diaryl/α,β-unsaturated/α-hetero) is 1. The number of ether oxygens (including phenoxy) is 5. The van der Waals surface area contributed by atoms with Crippen molar-refractivity contribution >= 4 is 35.6 Å². The average molecular weight is 657 g/mol. The number of benzene rings is 1. The Morgan fingerprint density at radius 1 is 0.809 bits per heavy atom. The Bertz CT molecular complexity index is 1500. The van der Waals surface area contributed by atoms with Gasteiger partial charge in [0.15, 0.2) is 6.10 Å². The van der Waals surface area contributed by atoms with Crippen LogP contribution in [0.15, 0.2) is 30.3 Å². The Morgan fingerprint density at radius 2 is 1.43 bits per heavy atom. The summed E-state index contributed by atoms with van der Waals surface area (Å²) in [7, 11) is 0. The molecule has 12 nitrogen and oxygen atoms in total. The van der Waals surface area contributed by atoms with Gasteiger partial charge in [-0.2, -0.15) is 0 Å². The number of fused-ring (bicyclic) bond motifs is 4. The van der Waals surface area contributed by atoms with E-state index in [0.29, 0.717) is 6.42 Å². The molecule has 0 aliphatic heterocycles. The minimum absolute atomic E-state index is 0.0440. The monoisotopic (exact) mass is 656 g/mol. The summed E-state index contributed by atoms with van der Waals surface area (Å²) in [6.45, 7) is 11.4. The highest BCUT2D eigenvalue weighted by Crippen LogP contribution is 2.76. The number of ketones is 1. The zero-order valence-corrected chi connectivity index (χ0v) is 28.1. The van der Waals surface area contributed by atoms with E-state index in [0.717, 1.165) is 0 Å². The van der Waals surface area contributed by atoms with Crippen molar-refractivity contribution in [1.82, 2.24) is 0 Å². The lowest BCUT2D eigenvalue weighted by atomic mass is 9.46. The van der Waals surface area contributed by atoms with Crippen molar-refractivity contribution in [2.75, 3.05) is 6.61 Å². The zero-order valence-electron chi connectivity index (χ0n) is 28.1. The van der Waals surface area contributed by atoms with Crippen molar-refractivity contribution in [1.29, 1.82) is 0 Å². The molecule has 1 aromatic carbocycles. The Balaban J connectivity index is 1.80. The van der Waals surface area contributed by atoms with Crippen LogP contribution in [-0.4, -0.2) is 76.9 Å². The van der Waals surface area contributed by atoms with E-state index in [1.54, 1.807) is 25.1 Å². The molecule has 10 atom stereocenters. The molecule has 1 aromatic rings. The number of hydrogen-bond donors (Lipinski definition) is 1. The van der Waals surface area contributed by atoms with Gasteiger partial charge in [0.05, 0.1) is 16.9 Å². The van der Waals surface area contributed by atoms with Crippen LogP contribution in [0.25, 0.3) is 0 Å². The predicted octanol–water partition coefficient (Wildman–Crippen LogP) is 3.35. The van der Waals surface area contributed by atoms with Crippen molar-refractivity contribution in [3.05, 3.63) is 35.9 Å². The first kappa shape index (κ1) is 34.5. The summed E-state index contributed by atoms with van der Waals surface area (Å²) in [4.78, 5) is 78.5. The molecule has 0 saturated heterocycles. The topological polar surface area (TPSA) is 169 Å². The molecule has 0 bridgehead atoms. The molecule has 4 saturated carbocycles. The smallest absolute Gasteiger partial charge is 0.338 e. The Morgan fingerprint density at radius 3 is 1.98 bits per heavy atom. The summed E-state index contributed by atoms with van der Waals surface area (Å²) < 4.78 is 29.9. The lowest BCUT2D eigenvalue weighted by Crippen LogP contribution is -2.74. The zero-order chi connectivity index (χ0) is 34.9. The maximum Gasteiger partial charge on any atom is 0.338 e. The van der Waals surface area contributed by atoms with Crippen molar-refractivity contribution in [3.63, 3.8) is 0 Å². The van der Waals surface area contributed by atoms with E-state index in [2.05, 4.69) is 0 Å². The molecule has 256 valence electrons. The molecule has 1 N–H and O–H groups in total. The van der Waals surface area contributed by atoms with Gasteiger partial charge in [0, 0.05) is 50.9 Å². The van der Waals surface area contributed by atoms with Gasteiger partial charge in [0.25, 0.3) is 0 Å². The van der Waals surface area contributed by atoms with Gasteiger partial charge in [0.1, 0.15) is 35.8 Å². The normalized spacial score (nSPS) is 39.6. The molecule has 47 heavy (non-hydrogen) atoms. The second-order valence-electron chi connectivity index (χ2n) is 14.9. The third-order valence-corrected chi connectivity index (χ3v) is 11.4. The van der Waals surface area contributed by atoms with E-state index in [4.69, 9.17) is 23.7 Å². The molecule has 0 heterocycles. The van der Waals surface area contributed by atoms with Crippen molar-refractivity contribution in [2.45, 2.75) is 104 Å². The summed E-state index contributed by atoms with van der Waals surface area (Å²) in [6.07, 6.45) is -4.15. The Labute approximate surface area is 273 Å². The number of hydrogen-bond acceptors (Lipinski definition) is 12. The van der Waals surface area contributed by atoms with Crippen LogP contribution in [0.2, 0.25) is 0 Å². The van der Waals surface area contributed by atoms with Crippen LogP contribution < -0.4 is 0 Å².